The summed E-state index contributed by atoms with van der Waals surface area (Å²) in [7, 11) is -2.53. The summed E-state index contributed by atoms with van der Waals surface area (Å²) in [5.74, 6) is -4.57. The van der Waals surface area contributed by atoms with Gasteiger partial charge in [-0.3, -0.25) is 0 Å². The lowest BCUT2D eigenvalue weighted by Gasteiger charge is -2.37. The lowest BCUT2D eigenvalue weighted by Crippen LogP contribution is -2.55. The number of halogens is 5. The Morgan fingerprint density at radius 3 is 2.71 bits per heavy atom. The van der Waals surface area contributed by atoms with Crippen LogP contribution < -0.4 is 10.1 Å². The Kier molecular flexibility index (Phi) is 6.41. The molecule has 0 bridgehead atoms. The third-order valence-electron chi connectivity index (χ3n) is 6.33. The number of benzene rings is 1. The van der Waals surface area contributed by atoms with E-state index in [0.717, 1.165) is 17.0 Å². The summed E-state index contributed by atoms with van der Waals surface area (Å²) >= 11 is 0. The summed E-state index contributed by atoms with van der Waals surface area (Å²) in [6.07, 6.45) is 0.314. The first-order valence-corrected chi connectivity index (χ1v) is 13.2. The number of nitrogens with one attached hydrogen (secondary N) is 1. The molecule has 1 aromatic carbocycles. The number of ether oxygens (including phenoxy) is 1. The lowest BCUT2D eigenvalue weighted by molar-refractivity contribution is -0.0541. The molecule has 1 fully saturated rings. The smallest absolute Gasteiger partial charge is 0.281 e. The predicted octanol–water partition coefficient (Wildman–Crippen LogP) is 3.24. The number of nitrogens with zero attached hydrogens (tertiary/aromatic N) is 6. The first-order valence-electron chi connectivity index (χ1n) is 11.3. The van der Waals surface area contributed by atoms with Crippen LogP contribution in [0.1, 0.15) is 6.42 Å². The van der Waals surface area contributed by atoms with Crippen molar-refractivity contribution in [2.75, 3.05) is 31.8 Å². The first-order chi connectivity index (χ1) is 17.9. The molecular weight excluding hydrogens is 537 g/mol. The number of alkyl halides is 4. The van der Waals surface area contributed by atoms with Gasteiger partial charge in [0.1, 0.15) is 5.52 Å². The maximum atomic E-state index is 15.2. The number of imidazole rings is 1. The predicted molar refractivity (Wildman–Crippen MR) is 128 cm³/mol. The fraction of sp³-hybridized carbons (Fsp3) is 0.409. The molecule has 1 unspecified atom stereocenters. The molecule has 0 aliphatic carbocycles. The Morgan fingerprint density at radius 2 is 2.05 bits per heavy atom. The number of aromatic nitrogens is 5. The highest BCUT2D eigenvalue weighted by molar-refractivity contribution is 7.88. The molecule has 1 saturated heterocycles. The minimum Gasteiger partial charge on any atom is -0.479 e. The van der Waals surface area contributed by atoms with Gasteiger partial charge >= 0.3 is 0 Å². The first kappa shape index (κ1) is 26.1. The fourth-order valence-electron chi connectivity index (χ4n) is 4.53. The van der Waals surface area contributed by atoms with Crippen LogP contribution in [0.4, 0.5) is 27.9 Å². The summed E-state index contributed by atoms with van der Waals surface area (Å²) in [5, 5.41) is 6.65. The number of sulfonamides is 1. The van der Waals surface area contributed by atoms with Gasteiger partial charge in [0.2, 0.25) is 21.9 Å². The SMILES string of the molecule is COc1nc(NC2CCN(S(C)(=O)=O)CC2(F)F)nn2cc(F)c(-c3ccc4ncn(CC(F)F)c4c3)c12. The highest BCUT2D eigenvalue weighted by Crippen LogP contribution is 2.36. The van der Waals surface area contributed by atoms with E-state index in [1.165, 1.54) is 24.1 Å². The second kappa shape index (κ2) is 9.34. The molecule has 0 saturated carbocycles. The Hall–Kier alpha value is -3.53. The maximum absolute atomic E-state index is 15.2. The molecule has 204 valence electrons. The maximum Gasteiger partial charge on any atom is 0.281 e. The highest BCUT2D eigenvalue weighted by Gasteiger charge is 2.47. The molecule has 4 aromatic rings. The third-order valence-corrected chi connectivity index (χ3v) is 7.58. The van der Waals surface area contributed by atoms with E-state index in [1.54, 1.807) is 12.1 Å². The zero-order valence-corrected chi connectivity index (χ0v) is 20.9. The van der Waals surface area contributed by atoms with Crippen LogP contribution in [0.5, 0.6) is 5.88 Å². The molecular formula is C22H22F5N7O3S. The average molecular weight is 560 g/mol. The van der Waals surface area contributed by atoms with Gasteiger partial charge in [-0.25, -0.2) is 39.9 Å². The normalized spacial score (nSPS) is 18.5. The van der Waals surface area contributed by atoms with Crippen molar-refractivity contribution in [3.05, 3.63) is 36.5 Å². The van der Waals surface area contributed by atoms with E-state index >= 15 is 4.39 Å². The second-order valence-corrected chi connectivity index (χ2v) is 10.9. The molecule has 4 heterocycles. The van der Waals surface area contributed by atoms with Crippen LogP contribution in [-0.4, -0.2) is 81.7 Å². The largest absolute Gasteiger partial charge is 0.479 e. The zero-order chi connectivity index (χ0) is 27.4. The molecule has 1 aliphatic rings. The Labute approximate surface area is 213 Å². The molecule has 16 heteroatoms. The van der Waals surface area contributed by atoms with Gasteiger partial charge in [0, 0.05) is 6.54 Å². The van der Waals surface area contributed by atoms with E-state index in [-0.39, 0.29) is 35.9 Å². The number of fused-ring (bicyclic) bond motifs is 2. The van der Waals surface area contributed by atoms with E-state index < -0.39 is 47.3 Å². The van der Waals surface area contributed by atoms with E-state index in [1.807, 2.05) is 0 Å². The quantitative estimate of drug-likeness (QED) is 0.347. The molecule has 1 atom stereocenters. The van der Waals surface area contributed by atoms with Crippen molar-refractivity contribution in [2.45, 2.75) is 31.4 Å². The monoisotopic (exact) mass is 559 g/mol. The highest BCUT2D eigenvalue weighted by atomic mass is 32.2. The molecule has 38 heavy (non-hydrogen) atoms. The van der Waals surface area contributed by atoms with Crippen LogP contribution in [0.15, 0.2) is 30.7 Å². The van der Waals surface area contributed by atoms with Crippen molar-refractivity contribution in [1.29, 1.82) is 0 Å². The van der Waals surface area contributed by atoms with Crippen molar-refractivity contribution >= 4 is 32.5 Å². The molecule has 1 aliphatic heterocycles. The Balaban J connectivity index is 1.52. The van der Waals surface area contributed by atoms with Gasteiger partial charge in [-0.2, -0.15) is 9.29 Å². The van der Waals surface area contributed by atoms with Crippen molar-refractivity contribution < 1.29 is 35.1 Å². The lowest BCUT2D eigenvalue weighted by atomic mass is 10.0. The molecule has 5 rings (SSSR count). The molecule has 3 aromatic heterocycles. The van der Waals surface area contributed by atoms with E-state index in [9.17, 15) is 26.0 Å². The molecule has 0 radical (unpaired) electrons. The van der Waals surface area contributed by atoms with E-state index in [0.29, 0.717) is 20.9 Å². The number of hydrogen-bond acceptors (Lipinski definition) is 7. The Bertz CT molecular complexity index is 1620. The van der Waals surface area contributed by atoms with Crippen LogP contribution in [0.2, 0.25) is 0 Å². The summed E-state index contributed by atoms with van der Waals surface area (Å²) in [5.41, 5.74) is 1.23. The van der Waals surface area contributed by atoms with Gasteiger partial charge in [-0.05, 0) is 24.1 Å². The summed E-state index contributed by atoms with van der Waals surface area (Å²) in [4.78, 5) is 8.23. The minimum atomic E-state index is -3.79. The summed E-state index contributed by atoms with van der Waals surface area (Å²) < 4.78 is 102. The van der Waals surface area contributed by atoms with Crippen LogP contribution >= 0.6 is 0 Å². The molecule has 10 nitrogen and oxygen atoms in total. The van der Waals surface area contributed by atoms with E-state index in [2.05, 4.69) is 20.4 Å². The summed E-state index contributed by atoms with van der Waals surface area (Å²) in [6, 6.07) is 3.14. The number of piperidine rings is 1. The fourth-order valence-corrected chi connectivity index (χ4v) is 5.37. The summed E-state index contributed by atoms with van der Waals surface area (Å²) in [6.45, 7) is -1.72. The number of methoxy groups -OCH3 is 1. The number of anilines is 1. The topological polar surface area (TPSA) is 107 Å². The van der Waals surface area contributed by atoms with Crippen LogP contribution in [-0.2, 0) is 16.6 Å². The Morgan fingerprint density at radius 1 is 1.29 bits per heavy atom. The van der Waals surface area contributed by atoms with Crippen molar-refractivity contribution in [3.63, 3.8) is 0 Å². The van der Waals surface area contributed by atoms with Gasteiger partial charge in [0.15, 0.2) is 5.82 Å². The minimum absolute atomic E-state index is 0.0203. The van der Waals surface area contributed by atoms with Crippen molar-refractivity contribution in [2.24, 2.45) is 0 Å². The van der Waals surface area contributed by atoms with Gasteiger partial charge in [0.25, 0.3) is 12.3 Å². The number of hydrogen-bond donors (Lipinski definition) is 1. The average Bonchev–Trinajstić information content (AvgIpc) is 3.38. The van der Waals surface area contributed by atoms with E-state index in [4.69, 9.17) is 4.74 Å². The van der Waals surface area contributed by atoms with Gasteiger partial charge < -0.3 is 14.6 Å². The molecule has 0 spiro atoms. The van der Waals surface area contributed by atoms with Crippen molar-refractivity contribution in [3.8, 4) is 17.0 Å². The van der Waals surface area contributed by atoms with Gasteiger partial charge in [-0.1, -0.05) is 6.07 Å². The zero-order valence-electron chi connectivity index (χ0n) is 20.1. The van der Waals surface area contributed by atoms with Gasteiger partial charge in [0.05, 0.1) is 61.6 Å². The van der Waals surface area contributed by atoms with Gasteiger partial charge in [-0.15, -0.1) is 5.10 Å². The second-order valence-electron chi connectivity index (χ2n) is 8.92. The van der Waals surface area contributed by atoms with Crippen LogP contribution in [0.25, 0.3) is 27.7 Å². The number of rotatable bonds is 7. The third kappa shape index (κ3) is 4.73. The van der Waals surface area contributed by atoms with Crippen LogP contribution in [0.3, 0.4) is 0 Å². The standard InChI is InChI=1S/C22H22F5N7O3S/c1-37-20-19-18(12-3-4-14-15(7-12)32(11-28-14)9-17(24)25)13(23)8-34(19)31-21(30-20)29-16-5-6-33(38(2,35)36)10-22(16,26)27/h3-4,7-8,11,16-17H,5-6,9-10H2,1-2H3,(H,29,31). The van der Waals surface area contributed by atoms with Crippen LogP contribution in [0, 0.1) is 5.82 Å². The molecule has 1 N–H and O–H groups in total. The van der Waals surface area contributed by atoms with Crippen molar-refractivity contribution in [1.82, 2.24) is 28.5 Å². The molecule has 0 amide bonds.